The van der Waals surface area contributed by atoms with E-state index in [1.165, 1.54) is 24.5 Å². The molecule has 3 heterocycles. The first-order valence-corrected chi connectivity index (χ1v) is 15.4. The molecule has 0 amide bonds. The van der Waals surface area contributed by atoms with Gasteiger partial charge in [0.2, 0.25) is 27.7 Å². The second kappa shape index (κ2) is 12.7. The molecule has 0 spiro atoms. The monoisotopic (exact) mass is 630 g/mol. The Morgan fingerprint density at radius 2 is 1.77 bits per heavy atom. The molecule has 0 radical (unpaired) electrons. The van der Waals surface area contributed by atoms with E-state index < -0.39 is 50.3 Å². The number of ether oxygens (including phenoxy) is 1. The Hall–Kier alpha value is -4.30. The number of benzene rings is 2. The van der Waals surface area contributed by atoms with Crippen LogP contribution in [0.4, 0.5) is 29.2 Å². The van der Waals surface area contributed by atoms with Gasteiger partial charge in [-0.1, -0.05) is 30.3 Å². The zero-order valence-corrected chi connectivity index (χ0v) is 24.6. The zero-order valence-electron chi connectivity index (χ0n) is 23.8. The fourth-order valence-electron chi connectivity index (χ4n) is 4.83. The third-order valence-corrected chi connectivity index (χ3v) is 8.37. The first-order chi connectivity index (χ1) is 20.9. The van der Waals surface area contributed by atoms with Gasteiger partial charge in [0, 0.05) is 43.5 Å². The van der Waals surface area contributed by atoms with E-state index in [1.807, 2.05) is 0 Å². The third-order valence-electron chi connectivity index (χ3n) is 7.15. The van der Waals surface area contributed by atoms with Gasteiger partial charge in [0.1, 0.15) is 11.4 Å². The molecule has 9 nitrogen and oxygen atoms in total. The second-order valence-corrected chi connectivity index (χ2v) is 12.6. The summed E-state index contributed by atoms with van der Waals surface area (Å²) in [4.78, 5) is 12.8. The average molecular weight is 631 g/mol. The number of nitrogens with zero attached hydrogens (tertiary/aromatic N) is 3. The van der Waals surface area contributed by atoms with Crippen LogP contribution in [0.3, 0.4) is 0 Å². The highest BCUT2D eigenvalue weighted by molar-refractivity contribution is 7.91. The van der Waals surface area contributed by atoms with Crippen molar-refractivity contribution in [2.75, 3.05) is 23.1 Å². The first-order valence-electron chi connectivity index (χ1n) is 13.7. The van der Waals surface area contributed by atoms with Crippen LogP contribution >= 0.6 is 0 Å². The molecule has 0 aliphatic carbocycles. The van der Waals surface area contributed by atoms with Crippen molar-refractivity contribution >= 4 is 21.7 Å². The summed E-state index contributed by atoms with van der Waals surface area (Å²) in [7, 11) is -4.28. The van der Waals surface area contributed by atoms with Crippen molar-refractivity contribution in [2.24, 2.45) is 5.92 Å². The van der Waals surface area contributed by atoms with E-state index in [-0.39, 0.29) is 29.4 Å². The molecule has 3 N–H and O–H groups in total. The molecule has 44 heavy (non-hydrogen) atoms. The number of anilines is 2. The van der Waals surface area contributed by atoms with E-state index in [4.69, 9.17) is 4.74 Å². The van der Waals surface area contributed by atoms with Gasteiger partial charge >= 0.3 is 0 Å². The molecular weight excluding hydrogens is 600 g/mol. The van der Waals surface area contributed by atoms with Crippen LogP contribution in [0.2, 0.25) is 0 Å². The normalized spacial score (nSPS) is 17.2. The zero-order chi connectivity index (χ0) is 31.5. The minimum absolute atomic E-state index is 0.146. The lowest BCUT2D eigenvalue weighted by Crippen LogP contribution is -2.48. The van der Waals surface area contributed by atoms with E-state index >= 15 is 4.39 Å². The van der Waals surface area contributed by atoms with Gasteiger partial charge in [-0.3, -0.25) is 4.72 Å². The number of pyridine rings is 1. The van der Waals surface area contributed by atoms with E-state index in [1.54, 1.807) is 55.0 Å². The number of rotatable bonds is 10. The third kappa shape index (κ3) is 7.42. The van der Waals surface area contributed by atoms with Gasteiger partial charge in [-0.2, -0.15) is 4.39 Å². The average Bonchev–Trinajstić information content (AvgIpc) is 2.98. The smallest absolute Gasteiger partial charge is 0.237 e. The Labute approximate surface area is 252 Å². The van der Waals surface area contributed by atoms with Crippen LogP contribution in [0.15, 0.2) is 67.0 Å². The molecule has 1 aliphatic rings. The molecule has 2 atom stereocenters. The van der Waals surface area contributed by atoms with E-state index in [2.05, 4.69) is 25.6 Å². The summed E-state index contributed by atoms with van der Waals surface area (Å²) in [5.74, 6) is -6.41. The number of halogens is 4. The lowest BCUT2D eigenvalue weighted by atomic mass is 9.84. The molecule has 1 saturated heterocycles. The lowest BCUT2D eigenvalue weighted by Gasteiger charge is -2.35. The van der Waals surface area contributed by atoms with Gasteiger partial charge in [0.05, 0.1) is 17.0 Å². The molecule has 5 rings (SSSR count). The molecular formula is C30H30F4N6O3S. The molecule has 232 valence electrons. The molecule has 2 aromatic heterocycles. The standard InChI is InChI=1S/C30H30F4N6O3S/c1-30(2,34)19-13-20(16-35-15-19)38-29-37-12-10-23(39-29)21-9-6-11-36-28(21)43-24-14-22(31)27(26(33)25(24)32)40-44(41,42)17-18-7-4-3-5-8-18/h3-12,14,19-20,35,40H,13,15-17H2,1-2H3,(H,37,38,39). The molecule has 14 heteroatoms. The minimum atomic E-state index is -4.28. The maximum Gasteiger partial charge on any atom is 0.237 e. The van der Waals surface area contributed by atoms with Gasteiger partial charge in [-0.15, -0.1) is 0 Å². The molecule has 4 aromatic rings. The maximum absolute atomic E-state index is 15.1. The van der Waals surface area contributed by atoms with Gasteiger partial charge in [-0.05, 0) is 44.0 Å². The van der Waals surface area contributed by atoms with Gasteiger partial charge in [-0.25, -0.2) is 36.5 Å². The predicted octanol–water partition coefficient (Wildman–Crippen LogP) is 5.83. The summed E-state index contributed by atoms with van der Waals surface area (Å²) in [5, 5.41) is 6.41. The second-order valence-electron chi connectivity index (χ2n) is 10.9. The van der Waals surface area contributed by atoms with Gasteiger partial charge in [0.15, 0.2) is 17.4 Å². The van der Waals surface area contributed by atoms with Gasteiger partial charge < -0.3 is 15.4 Å². The maximum atomic E-state index is 15.1. The number of aromatic nitrogens is 3. The fraction of sp³-hybridized carbons (Fsp3) is 0.300. The topological polar surface area (TPSA) is 118 Å². The Morgan fingerprint density at radius 3 is 2.52 bits per heavy atom. The van der Waals surface area contributed by atoms with Crippen molar-refractivity contribution in [2.45, 2.75) is 37.7 Å². The number of hydrogen-bond donors (Lipinski definition) is 3. The highest BCUT2D eigenvalue weighted by Crippen LogP contribution is 2.36. The van der Waals surface area contributed by atoms with Crippen LogP contribution < -0.4 is 20.1 Å². The number of nitrogens with one attached hydrogen (secondary N) is 3. The summed E-state index contributed by atoms with van der Waals surface area (Å²) < 4.78 is 91.9. The lowest BCUT2D eigenvalue weighted by molar-refractivity contribution is 0.0993. The highest BCUT2D eigenvalue weighted by Gasteiger charge is 2.34. The number of alkyl halides is 1. The SMILES string of the molecule is CC(C)(F)C1CNCC(Nc2nccc(-c3cccnc3Oc3cc(F)c(NS(=O)(=O)Cc4ccccc4)c(F)c3F)n2)C1. The summed E-state index contributed by atoms with van der Waals surface area (Å²) in [6, 6.07) is 13.0. The number of piperidine rings is 1. The quantitative estimate of drug-likeness (QED) is 0.148. The Bertz CT molecular complexity index is 1740. The van der Waals surface area contributed by atoms with Crippen LogP contribution in [-0.2, 0) is 15.8 Å². The van der Waals surface area contributed by atoms with Crippen molar-refractivity contribution in [1.82, 2.24) is 20.3 Å². The Kier molecular flexibility index (Phi) is 9.02. The van der Waals surface area contributed by atoms with Crippen molar-refractivity contribution in [1.29, 1.82) is 0 Å². The van der Waals surface area contributed by atoms with Gasteiger partial charge in [0.25, 0.3) is 0 Å². The molecule has 0 saturated carbocycles. The molecule has 1 aliphatic heterocycles. The predicted molar refractivity (Wildman–Crippen MR) is 158 cm³/mol. The molecule has 2 aromatic carbocycles. The summed E-state index contributed by atoms with van der Waals surface area (Å²) in [5.41, 5.74) is -1.60. The van der Waals surface area contributed by atoms with Crippen LogP contribution in [0.25, 0.3) is 11.3 Å². The van der Waals surface area contributed by atoms with Crippen molar-refractivity contribution < 1.29 is 30.7 Å². The van der Waals surface area contributed by atoms with Crippen molar-refractivity contribution in [3.63, 3.8) is 0 Å². The fourth-order valence-corrected chi connectivity index (χ4v) is 6.03. The van der Waals surface area contributed by atoms with E-state index in [0.717, 1.165) is 0 Å². The molecule has 2 unspecified atom stereocenters. The summed E-state index contributed by atoms with van der Waals surface area (Å²) in [6.07, 6.45) is 3.37. The number of sulfonamides is 1. The van der Waals surface area contributed by atoms with E-state index in [0.29, 0.717) is 36.8 Å². The van der Waals surface area contributed by atoms with Crippen LogP contribution in [0, 0.1) is 23.4 Å². The van der Waals surface area contributed by atoms with Crippen molar-refractivity contribution in [3.8, 4) is 22.9 Å². The molecule has 1 fully saturated rings. The van der Waals surface area contributed by atoms with Crippen LogP contribution in [-0.4, -0.2) is 48.2 Å². The van der Waals surface area contributed by atoms with E-state index in [9.17, 15) is 21.6 Å². The van der Waals surface area contributed by atoms with Crippen molar-refractivity contribution in [3.05, 3.63) is 90.0 Å². The first kappa shape index (κ1) is 31.1. The Balaban J connectivity index is 1.36. The Morgan fingerprint density at radius 1 is 1.00 bits per heavy atom. The highest BCUT2D eigenvalue weighted by atomic mass is 32.2. The summed E-state index contributed by atoms with van der Waals surface area (Å²) >= 11 is 0. The minimum Gasteiger partial charge on any atom is -0.435 e. The summed E-state index contributed by atoms with van der Waals surface area (Å²) in [6.45, 7) is 4.22. The number of hydrogen-bond acceptors (Lipinski definition) is 8. The molecule has 0 bridgehead atoms. The van der Waals surface area contributed by atoms with Crippen LogP contribution in [0.5, 0.6) is 11.6 Å². The largest absolute Gasteiger partial charge is 0.435 e. The van der Waals surface area contributed by atoms with Crippen LogP contribution in [0.1, 0.15) is 25.8 Å².